The van der Waals surface area contributed by atoms with E-state index in [4.69, 9.17) is 0 Å². The van der Waals surface area contributed by atoms with Gasteiger partial charge in [0.1, 0.15) is 0 Å². The van der Waals surface area contributed by atoms with Gasteiger partial charge in [0.25, 0.3) is 10.0 Å². The normalized spacial score (nSPS) is 17.5. The minimum atomic E-state index is -3.56. The number of sulfonamides is 1. The highest BCUT2D eigenvalue weighted by atomic mass is 32.2. The third-order valence-electron chi connectivity index (χ3n) is 3.61. The lowest BCUT2D eigenvalue weighted by molar-refractivity contribution is 0.528. The SMILES string of the molecule is CCNc1nc2sccn2c1S(=O)(=O)NCC1(C)CC1. The molecule has 0 aromatic carbocycles. The Hall–Kier alpha value is -1.12. The molecule has 1 fully saturated rings. The van der Waals surface area contributed by atoms with Crippen LogP contribution in [0.4, 0.5) is 5.82 Å². The van der Waals surface area contributed by atoms with Gasteiger partial charge in [0.2, 0.25) is 0 Å². The molecule has 110 valence electrons. The van der Waals surface area contributed by atoms with Crippen LogP contribution in [0.1, 0.15) is 26.7 Å². The number of hydrogen-bond donors (Lipinski definition) is 2. The molecular weight excluding hydrogens is 296 g/mol. The molecule has 8 heteroatoms. The van der Waals surface area contributed by atoms with Crippen molar-refractivity contribution in [3.05, 3.63) is 11.6 Å². The zero-order valence-electron chi connectivity index (χ0n) is 11.5. The predicted molar refractivity (Wildman–Crippen MR) is 79.8 cm³/mol. The number of thiazole rings is 1. The van der Waals surface area contributed by atoms with Crippen LogP contribution in [0.2, 0.25) is 0 Å². The molecule has 2 N–H and O–H groups in total. The summed E-state index contributed by atoms with van der Waals surface area (Å²) in [6, 6.07) is 0. The summed E-state index contributed by atoms with van der Waals surface area (Å²) in [6.45, 7) is 5.13. The summed E-state index contributed by atoms with van der Waals surface area (Å²) in [5.41, 5.74) is 0.129. The van der Waals surface area contributed by atoms with Gasteiger partial charge in [-0.3, -0.25) is 4.40 Å². The predicted octanol–water partition coefficient (Wildman–Crippen LogP) is 1.91. The van der Waals surface area contributed by atoms with E-state index in [1.54, 1.807) is 10.6 Å². The first-order chi connectivity index (χ1) is 9.45. The highest BCUT2D eigenvalue weighted by Gasteiger charge is 2.39. The van der Waals surface area contributed by atoms with Crippen LogP contribution in [0.3, 0.4) is 0 Å². The molecule has 0 saturated heterocycles. The second-order valence-corrected chi connectivity index (χ2v) is 8.04. The van der Waals surface area contributed by atoms with Crippen LogP contribution in [-0.2, 0) is 10.0 Å². The first-order valence-corrected chi connectivity index (χ1v) is 9.01. The van der Waals surface area contributed by atoms with Gasteiger partial charge >= 0.3 is 0 Å². The quantitative estimate of drug-likeness (QED) is 0.854. The Morgan fingerprint density at radius 3 is 2.90 bits per heavy atom. The fourth-order valence-corrected chi connectivity index (χ4v) is 4.26. The molecule has 0 unspecified atom stereocenters. The number of imidazole rings is 1. The molecule has 20 heavy (non-hydrogen) atoms. The van der Waals surface area contributed by atoms with E-state index in [9.17, 15) is 8.42 Å². The van der Waals surface area contributed by atoms with E-state index in [0.717, 1.165) is 12.8 Å². The van der Waals surface area contributed by atoms with E-state index in [1.807, 2.05) is 12.3 Å². The highest BCUT2D eigenvalue weighted by molar-refractivity contribution is 7.89. The zero-order valence-corrected chi connectivity index (χ0v) is 13.1. The lowest BCUT2D eigenvalue weighted by Gasteiger charge is -2.11. The summed E-state index contributed by atoms with van der Waals surface area (Å²) in [7, 11) is -3.56. The van der Waals surface area contributed by atoms with Crippen molar-refractivity contribution in [3.8, 4) is 0 Å². The van der Waals surface area contributed by atoms with E-state index in [-0.39, 0.29) is 10.4 Å². The number of nitrogens with one attached hydrogen (secondary N) is 2. The summed E-state index contributed by atoms with van der Waals surface area (Å²) >= 11 is 1.42. The fourth-order valence-electron chi connectivity index (χ4n) is 2.03. The molecule has 2 aromatic rings. The van der Waals surface area contributed by atoms with E-state index in [2.05, 4.69) is 21.9 Å². The van der Waals surface area contributed by atoms with Gasteiger partial charge in [-0.25, -0.2) is 18.1 Å². The molecule has 2 heterocycles. The van der Waals surface area contributed by atoms with Gasteiger partial charge in [0.05, 0.1) is 0 Å². The Balaban J connectivity index is 1.97. The van der Waals surface area contributed by atoms with E-state index < -0.39 is 10.0 Å². The van der Waals surface area contributed by atoms with Crippen molar-refractivity contribution in [1.82, 2.24) is 14.1 Å². The number of aromatic nitrogens is 2. The minimum absolute atomic E-state index is 0.129. The second kappa shape index (κ2) is 4.71. The van der Waals surface area contributed by atoms with Gasteiger partial charge in [-0.1, -0.05) is 6.92 Å². The fraction of sp³-hybridized carbons (Fsp3) is 0.583. The lowest BCUT2D eigenvalue weighted by atomic mass is 10.2. The molecule has 0 radical (unpaired) electrons. The van der Waals surface area contributed by atoms with Crippen molar-refractivity contribution in [1.29, 1.82) is 0 Å². The van der Waals surface area contributed by atoms with Crippen molar-refractivity contribution in [2.24, 2.45) is 5.41 Å². The number of anilines is 1. The van der Waals surface area contributed by atoms with Crippen molar-refractivity contribution in [3.63, 3.8) is 0 Å². The lowest BCUT2D eigenvalue weighted by Crippen LogP contribution is -2.30. The maximum absolute atomic E-state index is 12.6. The average molecular weight is 314 g/mol. The minimum Gasteiger partial charge on any atom is -0.368 e. The second-order valence-electron chi connectivity index (χ2n) is 5.49. The van der Waals surface area contributed by atoms with Crippen LogP contribution in [0.5, 0.6) is 0 Å². The van der Waals surface area contributed by atoms with E-state index >= 15 is 0 Å². The Bertz CT molecular complexity index is 728. The average Bonchev–Trinajstić information content (AvgIpc) is 2.81. The number of fused-ring (bicyclic) bond motifs is 1. The molecule has 0 aliphatic heterocycles. The molecule has 0 amide bonds. The Morgan fingerprint density at radius 2 is 2.25 bits per heavy atom. The molecule has 1 aliphatic carbocycles. The number of rotatable bonds is 6. The summed E-state index contributed by atoms with van der Waals surface area (Å²) < 4.78 is 29.5. The third kappa shape index (κ3) is 2.43. The monoisotopic (exact) mass is 314 g/mol. The van der Waals surface area contributed by atoms with Gasteiger partial charge in [-0.2, -0.15) is 0 Å². The van der Waals surface area contributed by atoms with Gasteiger partial charge in [-0.15, -0.1) is 11.3 Å². The first kappa shape index (κ1) is 13.8. The number of nitrogens with zero attached hydrogens (tertiary/aromatic N) is 2. The molecule has 1 saturated carbocycles. The van der Waals surface area contributed by atoms with Gasteiger partial charge in [0, 0.05) is 24.7 Å². The molecule has 6 nitrogen and oxygen atoms in total. The van der Waals surface area contributed by atoms with Crippen molar-refractivity contribution < 1.29 is 8.42 Å². The largest absolute Gasteiger partial charge is 0.368 e. The first-order valence-electron chi connectivity index (χ1n) is 6.64. The van der Waals surface area contributed by atoms with Gasteiger partial charge < -0.3 is 5.32 Å². The van der Waals surface area contributed by atoms with Crippen molar-refractivity contribution in [2.45, 2.75) is 31.7 Å². The summed E-state index contributed by atoms with van der Waals surface area (Å²) in [4.78, 5) is 5.02. The topological polar surface area (TPSA) is 75.5 Å². The smallest absolute Gasteiger partial charge is 0.260 e. The maximum atomic E-state index is 12.6. The molecule has 0 bridgehead atoms. The third-order valence-corrected chi connectivity index (χ3v) is 5.79. The number of hydrogen-bond acceptors (Lipinski definition) is 5. The van der Waals surface area contributed by atoms with E-state index in [0.29, 0.717) is 23.9 Å². The van der Waals surface area contributed by atoms with Crippen LogP contribution in [0.25, 0.3) is 4.96 Å². The zero-order chi connectivity index (χ0) is 14.4. The maximum Gasteiger partial charge on any atom is 0.260 e. The van der Waals surface area contributed by atoms with Gasteiger partial charge in [0.15, 0.2) is 15.8 Å². The van der Waals surface area contributed by atoms with Crippen LogP contribution in [0.15, 0.2) is 16.6 Å². The summed E-state index contributed by atoms with van der Waals surface area (Å²) in [6.07, 6.45) is 3.90. The molecule has 2 aromatic heterocycles. The van der Waals surface area contributed by atoms with Gasteiger partial charge in [-0.05, 0) is 25.2 Å². The van der Waals surface area contributed by atoms with Crippen LogP contribution in [-0.4, -0.2) is 30.9 Å². The Kier molecular flexibility index (Phi) is 3.26. The van der Waals surface area contributed by atoms with Crippen molar-refractivity contribution in [2.75, 3.05) is 18.4 Å². The Morgan fingerprint density at radius 1 is 1.50 bits per heavy atom. The Labute approximate surface area is 122 Å². The van der Waals surface area contributed by atoms with Crippen LogP contribution >= 0.6 is 11.3 Å². The molecule has 1 aliphatic rings. The molecule has 0 spiro atoms. The van der Waals surface area contributed by atoms with Crippen LogP contribution < -0.4 is 10.0 Å². The van der Waals surface area contributed by atoms with E-state index in [1.165, 1.54) is 11.3 Å². The highest BCUT2D eigenvalue weighted by Crippen LogP contribution is 2.44. The molecular formula is C12H18N4O2S2. The van der Waals surface area contributed by atoms with Crippen molar-refractivity contribution >= 4 is 32.1 Å². The standard InChI is InChI=1S/C12H18N4O2S2/c1-3-13-9-10(16-6-7-19-11(16)15-9)20(17,18)14-8-12(2)4-5-12/h6-7,13-14H,3-5,8H2,1-2H3. The van der Waals surface area contributed by atoms with Crippen LogP contribution in [0, 0.1) is 5.41 Å². The summed E-state index contributed by atoms with van der Waals surface area (Å²) in [5.74, 6) is 0.424. The molecule has 3 rings (SSSR count). The summed E-state index contributed by atoms with van der Waals surface area (Å²) in [5, 5.41) is 5.07. The molecule has 0 atom stereocenters.